The molecule has 1 aliphatic heterocycles. The molecule has 1 amide bonds. The van der Waals surface area contributed by atoms with Crippen LogP contribution in [0.2, 0.25) is 0 Å². The summed E-state index contributed by atoms with van der Waals surface area (Å²) in [7, 11) is 0. The highest BCUT2D eigenvalue weighted by atomic mass is 32.1. The van der Waals surface area contributed by atoms with Crippen LogP contribution >= 0.6 is 11.5 Å². The van der Waals surface area contributed by atoms with E-state index in [1.165, 1.54) is 24.3 Å². The average Bonchev–Trinajstić information content (AvgIpc) is 3.18. The van der Waals surface area contributed by atoms with Crippen LogP contribution in [-0.4, -0.2) is 34.9 Å². The number of carbonyl (C=O) groups excluding carboxylic acids is 1. The first kappa shape index (κ1) is 21.2. The SMILES string of the molecule is O=C(Cc1ccc(C(F)F)cc1)NCC1=CCN(c2nc(C(F)(F)F)ns2)CC1. The fourth-order valence-corrected chi connectivity index (χ4v) is 3.47. The number of halogens is 5. The molecule has 1 aliphatic rings. The Morgan fingerprint density at radius 1 is 1.24 bits per heavy atom. The Balaban J connectivity index is 1.47. The van der Waals surface area contributed by atoms with Gasteiger partial charge in [0.1, 0.15) is 0 Å². The van der Waals surface area contributed by atoms with Crippen molar-refractivity contribution in [2.45, 2.75) is 25.4 Å². The smallest absolute Gasteiger partial charge is 0.352 e. The van der Waals surface area contributed by atoms with E-state index in [0.29, 0.717) is 43.2 Å². The summed E-state index contributed by atoms with van der Waals surface area (Å²) in [5.41, 5.74) is 1.50. The molecule has 1 aromatic carbocycles. The summed E-state index contributed by atoms with van der Waals surface area (Å²) in [6, 6.07) is 5.58. The van der Waals surface area contributed by atoms with Crippen molar-refractivity contribution in [2.75, 3.05) is 24.5 Å². The lowest BCUT2D eigenvalue weighted by Gasteiger charge is -2.25. The van der Waals surface area contributed by atoms with E-state index in [1.54, 1.807) is 4.90 Å². The number of hydrogen-bond acceptors (Lipinski definition) is 5. The molecule has 1 N–H and O–H groups in total. The topological polar surface area (TPSA) is 58.1 Å². The number of rotatable bonds is 6. The lowest BCUT2D eigenvalue weighted by atomic mass is 10.1. The van der Waals surface area contributed by atoms with Gasteiger partial charge in [-0.05, 0) is 12.0 Å². The van der Waals surface area contributed by atoms with Gasteiger partial charge in [0.05, 0.1) is 6.42 Å². The Morgan fingerprint density at radius 3 is 2.52 bits per heavy atom. The zero-order valence-electron chi connectivity index (χ0n) is 15.0. The first-order valence-electron chi connectivity index (χ1n) is 8.70. The average molecular weight is 432 g/mol. The van der Waals surface area contributed by atoms with E-state index in [-0.39, 0.29) is 23.0 Å². The monoisotopic (exact) mass is 432 g/mol. The Morgan fingerprint density at radius 2 is 1.97 bits per heavy atom. The molecule has 2 aromatic rings. The van der Waals surface area contributed by atoms with Crippen LogP contribution in [0.4, 0.5) is 27.1 Å². The number of carbonyl (C=O) groups is 1. The molecule has 0 saturated heterocycles. The van der Waals surface area contributed by atoms with Crippen molar-refractivity contribution in [1.82, 2.24) is 14.7 Å². The molecule has 0 atom stereocenters. The van der Waals surface area contributed by atoms with Crippen molar-refractivity contribution in [1.29, 1.82) is 0 Å². The number of nitrogens with zero attached hydrogens (tertiary/aromatic N) is 3. The third kappa shape index (κ3) is 5.72. The van der Waals surface area contributed by atoms with Gasteiger partial charge in [-0.25, -0.2) is 8.78 Å². The fourth-order valence-electron chi connectivity index (χ4n) is 2.75. The lowest BCUT2D eigenvalue weighted by Crippen LogP contribution is -2.33. The van der Waals surface area contributed by atoms with Crippen molar-refractivity contribution < 1.29 is 26.7 Å². The third-order valence-corrected chi connectivity index (χ3v) is 5.13. The Kier molecular flexibility index (Phi) is 6.46. The van der Waals surface area contributed by atoms with Crippen LogP contribution in [0, 0.1) is 0 Å². The number of anilines is 1. The third-order valence-electron chi connectivity index (χ3n) is 4.35. The van der Waals surface area contributed by atoms with Crippen LogP contribution in [0.5, 0.6) is 0 Å². The van der Waals surface area contributed by atoms with E-state index in [1.807, 2.05) is 6.08 Å². The van der Waals surface area contributed by atoms with Crippen LogP contribution in [0.3, 0.4) is 0 Å². The normalized spacial score (nSPS) is 14.8. The van der Waals surface area contributed by atoms with Gasteiger partial charge >= 0.3 is 6.18 Å². The Bertz CT molecular complexity index is 879. The predicted octanol–water partition coefficient (Wildman–Crippen LogP) is 3.99. The molecule has 29 heavy (non-hydrogen) atoms. The fraction of sp³-hybridized carbons (Fsp3) is 0.389. The minimum Gasteiger partial charge on any atom is -0.352 e. The van der Waals surface area contributed by atoms with Crippen molar-refractivity contribution in [2.24, 2.45) is 0 Å². The number of alkyl halides is 5. The molecule has 3 rings (SSSR count). The number of hydrogen-bond donors (Lipinski definition) is 1. The van der Waals surface area contributed by atoms with E-state index in [9.17, 15) is 26.7 Å². The molecule has 2 heterocycles. The van der Waals surface area contributed by atoms with Gasteiger partial charge in [-0.3, -0.25) is 4.79 Å². The molecular weight excluding hydrogens is 415 g/mol. The van der Waals surface area contributed by atoms with Crippen LogP contribution in [0.25, 0.3) is 0 Å². The molecule has 0 bridgehead atoms. The zero-order chi connectivity index (χ0) is 21.0. The standard InChI is InChI=1S/C18H17F5N4OS/c19-15(20)13-3-1-11(2-4-13)9-14(28)24-10-12-5-7-27(8-6-12)17-25-16(26-29-17)18(21,22)23/h1-5,15H,6-10H2,(H,24,28). The number of benzene rings is 1. The summed E-state index contributed by atoms with van der Waals surface area (Å²) in [4.78, 5) is 17.3. The van der Waals surface area contributed by atoms with Gasteiger partial charge in [0.2, 0.25) is 16.9 Å². The first-order valence-corrected chi connectivity index (χ1v) is 9.47. The Labute approximate surface area is 167 Å². The second-order valence-electron chi connectivity index (χ2n) is 6.45. The van der Waals surface area contributed by atoms with E-state index < -0.39 is 18.4 Å². The minimum atomic E-state index is -4.56. The summed E-state index contributed by atoms with van der Waals surface area (Å²) in [6.45, 7) is 1.18. The van der Waals surface area contributed by atoms with Crippen LogP contribution in [-0.2, 0) is 17.4 Å². The molecule has 0 aliphatic carbocycles. The van der Waals surface area contributed by atoms with Gasteiger partial charge in [-0.1, -0.05) is 35.9 Å². The van der Waals surface area contributed by atoms with Crippen LogP contribution in [0.15, 0.2) is 35.9 Å². The summed E-state index contributed by atoms with van der Waals surface area (Å²) >= 11 is 0.705. The van der Waals surface area contributed by atoms with Gasteiger partial charge in [-0.15, -0.1) is 0 Å². The molecule has 1 aromatic heterocycles. The second-order valence-corrected chi connectivity index (χ2v) is 7.18. The number of aromatic nitrogens is 2. The molecule has 156 valence electrons. The maximum Gasteiger partial charge on any atom is 0.452 e. The zero-order valence-corrected chi connectivity index (χ0v) is 15.9. The van der Waals surface area contributed by atoms with Gasteiger partial charge in [0.15, 0.2) is 0 Å². The Hall–Kier alpha value is -2.56. The van der Waals surface area contributed by atoms with Gasteiger partial charge in [0, 0.05) is 36.7 Å². The predicted molar refractivity (Wildman–Crippen MR) is 97.9 cm³/mol. The molecule has 0 spiro atoms. The largest absolute Gasteiger partial charge is 0.452 e. The summed E-state index contributed by atoms with van der Waals surface area (Å²) in [5.74, 6) is -1.38. The summed E-state index contributed by atoms with van der Waals surface area (Å²) in [6.07, 6.45) is -4.61. The lowest BCUT2D eigenvalue weighted by molar-refractivity contribution is -0.144. The van der Waals surface area contributed by atoms with Crippen LogP contribution < -0.4 is 10.2 Å². The van der Waals surface area contributed by atoms with Gasteiger partial charge in [-0.2, -0.15) is 22.5 Å². The molecule has 0 fully saturated rings. The second kappa shape index (κ2) is 8.85. The highest BCUT2D eigenvalue weighted by molar-refractivity contribution is 7.09. The van der Waals surface area contributed by atoms with E-state index >= 15 is 0 Å². The van der Waals surface area contributed by atoms with Crippen molar-refractivity contribution >= 4 is 22.6 Å². The highest BCUT2D eigenvalue weighted by Gasteiger charge is 2.36. The van der Waals surface area contributed by atoms with E-state index in [0.717, 1.165) is 5.57 Å². The molecule has 0 unspecified atom stereocenters. The quantitative estimate of drug-likeness (QED) is 0.554. The van der Waals surface area contributed by atoms with Crippen molar-refractivity contribution in [3.8, 4) is 0 Å². The van der Waals surface area contributed by atoms with E-state index in [2.05, 4.69) is 14.7 Å². The minimum absolute atomic E-state index is 0.0773. The molecule has 0 radical (unpaired) electrons. The maximum absolute atomic E-state index is 12.6. The van der Waals surface area contributed by atoms with Gasteiger partial charge < -0.3 is 10.2 Å². The van der Waals surface area contributed by atoms with Crippen LogP contribution in [0.1, 0.15) is 29.8 Å². The van der Waals surface area contributed by atoms with Gasteiger partial charge in [0.25, 0.3) is 6.43 Å². The summed E-state index contributed by atoms with van der Waals surface area (Å²) in [5, 5.41) is 2.98. The van der Waals surface area contributed by atoms with E-state index in [4.69, 9.17) is 0 Å². The molecule has 0 saturated carbocycles. The highest BCUT2D eigenvalue weighted by Crippen LogP contribution is 2.31. The van der Waals surface area contributed by atoms with Crippen molar-refractivity contribution in [3.05, 3.63) is 52.9 Å². The number of nitrogens with one attached hydrogen (secondary N) is 1. The molecular formula is C18H17F5N4OS. The molecule has 11 heteroatoms. The molecule has 5 nitrogen and oxygen atoms in total. The van der Waals surface area contributed by atoms with Crippen molar-refractivity contribution in [3.63, 3.8) is 0 Å². The number of amides is 1. The first-order chi connectivity index (χ1) is 13.7. The summed E-state index contributed by atoms with van der Waals surface area (Å²) < 4.78 is 66.2. The maximum atomic E-state index is 12.6.